The monoisotopic (exact) mass is 200 g/mol. The van der Waals surface area contributed by atoms with Crippen LogP contribution in [0.2, 0.25) is 0 Å². The SMILES string of the molecule is C=C(SC1=C(C)COCC1)C(=O)O. The molecule has 0 fully saturated rings. The van der Waals surface area contributed by atoms with E-state index < -0.39 is 5.97 Å². The van der Waals surface area contributed by atoms with E-state index in [1.54, 1.807) is 0 Å². The van der Waals surface area contributed by atoms with Gasteiger partial charge in [0.05, 0.1) is 18.1 Å². The van der Waals surface area contributed by atoms with Crippen LogP contribution in [0.3, 0.4) is 0 Å². The van der Waals surface area contributed by atoms with Crippen molar-refractivity contribution in [2.45, 2.75) is 13.3 Å². The molecule has 0 saturated heterocycles. The predicted molar refractivity (Wildman–Crippen MR) is 52.5 cm³/mol. The van der Waals surface area contributed by atoms with Gasteiger partial charge in [-0.3, -0.25) is 0 Å². The van der Waals surface area contributed by atoms with Crippen LogP contribution in [0.25, 0.3) is 0 Å². The molecule has 0 unspecified atom stereocenters. The van der Waals surface area contributed by atoms with Crippen LogP contribution in [-0.2, 0) is 9.53 Å². The first-order valence-electron chi connectivity index (χ1n) is 3.97. The number of hydrogen-bond donors (Lipinski definition) is 1. The van der Waals surface area contributed by atoms with Crippen LogP contribution in [0, 0.1) is 0 Å². The summed E-state index contributed by atoms with van der Waals surface area (Å²) in [6.45, 7) is 6.71. The van der Waals surface area contributed by atoms with E-state index >= 15 is 0 Å². The van der Waals surface area contributed by atoms with Crippen LogP contribution < -0.4 is 0 Å². The van der Waals surface area contributed by atoms with Crippen LogP contribution >= 0.6 is 11.8 Å². The van der Waals surface area contributed by atoms with Gasteiger partial charge in [0.15, 0.2) is 0 Å². The first kappa shape index (κ1) is 10.3. The maximum atomic E-state index is 10.5. The van der Waals surface area contributed by atoms with Gasteiger partial charge in [-0.25, -0.2) is 4.79 Å². The number of carboxylic acids is 1. The molecular weight excluding hydrogens is 188 g/mol. The summed E-state index contributed by atoms with van der Waals surface area (Å²) in [4.78, 5) is 11.8. The summed E-state index contributed by atoms with van der Waals surface area (Å²) in [5.41, 5.74) is 1.11. The first-order valence-corrected chi connectivity index (χ1v) is 4.79. The molecule has 0 aliphatic carbocycles. The van der Waals surface area contributed by atoms with Crippen LogP contribution in [0.15, 0.2) is 22.0 Å². The van der Waals surface area contributed by atoms with Gasteiger partial charge in [0.2, 0.25) is 0 Å². The molecule has 3 nitrogen and oxygen atoms in total. The van der Waals surface area contributed by atoms with Gasteiger partial charge < -0.3 is 9.84 Å². The fraction of sp³-hybridized carbons (Fsp3) is 0.444. The predicted octanol–water partition coefficient (Wildman–Crippen LogP) is 2.01. The van der Waals surface area contributed by atoms with Gasteiger partial charge in [-0.05, 0) is 17.4 Å². The Labute approximate surface area is 81.5 Å². The number of ether oxygens (including phenoxy) is 1. The third kappa shape index (κ3) is 2.90. The van der Waals surface area contributed by atoms with Gasteiger partial charge in [0, 0.05) is 6.42 Å². The summed E-state index contributed by atoms with van der Waals surface area (Å²) in [6, 6.07) is 0. The third-order valence-electron chi connectivity index (χ3n) is 1.75. The second-order valence-electron chi connectivity index (χ2n) is 2.84. The zero-order valence-corrected chi connectivity index (χ0v) is 8.32. The number of carboxylic acid groups (broad SMARTS) is 1. The Bertz CT molecular complexity index is 268. The Morgan fingerprint density at radius 1 is 1.69 bits per heavy atom. The van der Waals surface area contributed by atoms with Crippen LogP contribution in [0.1, 0.15) is 13.3 Å². The van der Waals surface area contributed by atoms with Gasteiger partial charge in [-0.15, -0.1) is 0 Å². The largest absolute Gasteiger partial charge is 0.477 e. The van der Waals surface area contributed by atoms with Crippen LogP contribution in [0.5, 0.6) is 0 Å². The normalized spacial score (nSPS) is 17.3. The highest BCUT2D eigenvalue weighted by Gasteiger charge is 2.14. The molecule has 0 aromatic rings. The molecule has 1 aliphatic heterocycles. The van der Waals surface area contributed by atoms with Gasteiger partial charge in [0.25, 0.3) is 0 Å². The molecule has 1 N–H and O–H groups in total. The number of thioether (sulfide) groups is 1. The van der Waals surface area contributed by atoms with E-state index in [0.29, 0.717) is 13.2 Å². The van der Waals surface area contributed by atoms with Crippen molar-refractivity contribution < 1.29 is 14.6 Å². The molecule has 0 bridgehead atoms. The Balaban J connectivity index is 2.62. The maximum absolute atomic E-state index is 10.5. The highest BCUT2D eigenvalue weighted by Crippen LogP contribution is 2.31. The average Bonchev–Trinajstić information content (AvgIpc) is 2.08. The summed E-state index contributed by atoms with van der Waals surface area (Å²) in [6.07, 6.45) is 0.794. The van der Waals surface area contributed by atoms with Crippen molar-refractivity contribution in [3.05, 3.63) is 22.0 Å². The summed E-state index contributed by atoms with van der Waals surface area (Å²) in [5.74, 6) is -0.947. The molecule has 0 amide bonds. The lowest BCUT2D eigenvalue weighted by Crippen LogP contribution is -2.08. The molecule has 0 aromatic carbocycles. The zero-order valence-electron chi connectivity index (χ0n) is 7.50. The van der Waals surface area contributed by atoms with Crippen LogP contribution in [-0.4, -0.2) is 24.3 Å². The second kappa shape index (κ2) is 4.48. The van der Waals surface area contributed by atoms with Gasteiger partial charge in [-0.2, -0.15) is 0 Å². The van der Waals surface area contributed by atoms with Crippen molar-refractivity contribution in [3.63, 3.8) is 0 Å². The summed E-state index contributed by atoms with van der Waals surface area (Å²) < 4.78 is 5.21. The summed E-state index contributed by atoms with van der Waals surface area (Å²) in [7, 11) is 0. The minimum Gasteiger partial charge on any atom is -0.477 e. The smallest absolute Gasteiger partial charge is 0.341 e. The first-order chi connectivity index (χ1) is 6.11. The topological polar surface area (TPSA) is 46.5 Å². The molecular formula is C9H12O3S. The standard InChI is InChI=1S/C9H12O3S/c1-6-5-12-4-3-8(6)13-7(2)9(10)11/h2-5H2,1H3,(H,10,11). The third-order valence-corrected chi connectivity index (χ3v) is 2.97. The van der Waals surface area contributed by atoms with Crippen molar-refractivity contribution in [2.24, 2.45) is 0 Å². The van der Waals surface area contributed by atoms with Crippen LogP contribution in [0.4, 0.5) is 0 Å². The molecule has 0 aromatic heterocycles. The zero-order chi connectivity index (χ0) is 9.84. The molecule has 0 saturated carbocycles. The Hall–Kier alpha value is -0.740. The van der Waals surface area contributed by atoms with E-state index in [2.05, 4.69) is 6.58 Å². The van der Waals surface area contributed by atoms with Crippen molar-refractivity contribution in [2.75, 3.05) is 13.2 Å². The average molecular weight is 200 g/mol. The Morgan fingerprint density at radius 3 is 2.92 bits per heavy atom. The summed E-state index contributed by atoms with van der Waals surface area (Å²) >= 11 is 1.24. The second-order valence-corrected chi connectivity index (χ2v) is 4.03. The fourth-order valence-electron chi connectivity index (χ4n) is 1.01. The highest BCUT2D eigenvalue weighted by molar-refractivity contribution is 8.07. The van der Waals surface area contributed by atoms with Crippen molar-refractivity contribution in [1.82, 2.24) is 0 Å². The van der Waals surface area contributed by atoms with E-state index in [0.717, 1.165) is 16.9 Å². The lowest BCUT2D eigenvalue weighted by atomic mass is 10.2. The molecule has 0 radical (unpaired) electrons. The van der Waals surface area contributed by atoms with E-state index in [1.165, 1.54) is 11.8 Å². The molecule has 4 heteroatoms. The minimum absolute atomic E-state index is 0.177. The number of carbonyl (C=O) groups is 1. The van der Waals surface area contributed by atoms with E-state index in [1.807, 2.05) is 6.92 Å². The highest BCUT2D eigenvalue weighted by atomic mass is 32.2. The quantitative estimate of drug-likeness (QED) is 0.708. The van der Waals surface area contributed by atoms with E-state index in [4.69, 9.17) is 9.84 Å². The molecule has 0 atom stereocenters. The molecule has 1 heterocycles. The molecule has 1 aliphatic rings. The van der Waals surface area contributed by atoms with E-state index in [-0.39, 0.29) is 4.91 Å². The summed E-state index contributed by atoms with van der Waals surface area (Å²) in [5, 5.41) is 8.62. The molecule has 13 heavy (non-hydrogen) atoms. The Kier molecular flexibility index (Phi) is 3.57. The molecule has 1 rings (SSSR count). The van der Waals surface area contributed by atoms with E-state index in [9.17, 15) is 4.79 Å². The van der Waals surface area contributed by atoms with Crippen molar-refractivity contribution in [1.29, 1.82) is 0 Å². The van der Waals surface area contributed by atoms with Gasteiger partial charge in [0.1, 0.15) is 0 Å². The number of hydrogen-bond acceptors (Lipinski definition) is 3. The maximum Gasteiger partial charge on any atom is 0.341 e. The number of aliphatic carboxylic acids is 1. The van der Waals surface area contributed by atoms with Gasteiger partial charge in [-0.1, -0.05) is 18.3 Å². The van der Waals surface area contributed by atoms with Crippen molar-refractivity contribution in [3.8, 4) is 0 Å². The molecule has 0 spiro atoms. The Morgan fingerprint density at radius 2 is 2.38 bits per heavy atom. The lowest BCUT2D eigenvalue weighted by Gasteiger charge is -2.17. The number of rotatable bonds is 3. The lowest BCUT2D eigenvalue weighted by molar-refractivity contribution is -0.131. The molecule has 72 valence electrons. The van der Waals surface area contributed by atoms with Gasteiger partial charge >= 0.3 is 5.97 Å². The fourth-order valence-corrected chi connectivity index (χ4v) is 1.82. The van der Waals surface area contributed by atoms with Crippen molar-refractivity contribution >= 4 is 17.7 Å². The minimum atomic E-state index is -0.947.